The van der Waals surface area contributed by atoms with Gasteiger partial charge in [-0.3, -0.25) is 9.36 Å². The van der Waals surface area contributed by atoms with Crippen LogP contribution in [0.4, 0.5) is 0 Å². The first-order valence-corrected chi connectivity index (χ1v) is 4.71. The number of nitrogens with zero attached hydrogens (tertiary/aromatic N) is 2. The van der Waals surface area contributed by atoms with Crippen molar-refractivity contribution in [1.29, 1.82) is 0 Å². The lowest BCUT2D eigenvalue weighted by atomic mass is 10.5. The molecular formula is C5H9N2O4P. The van der Waals surface area contributed by atoms with Crippen LogP contribution in [-0.4, -0.2) is 37.2 Å². The maximum atomic E-state index is 11.3. The summed E-state index contributed by atoms with van der Waals surface area (Å²) in [6.45, 7) is 0. The molecule has 68 valence electrons. The quantitative estimate of drug-likeness (QED) is 0.206. The van der Waals surface area contributed by atoms with Crippen LogP contribution in [-0.2, 0) is 18.4 Å². The van der Waals surface area contributed by atoms with Crippen molar-refractivity contribution in [2.75, 3.05) is 20.4 Å². The molecule has 0 N–H and O–H groups in total. The lowest BCUT2D eigenvalue weighted by Gasteiger charge is -2.08. The average Bonchev–Trinajstić information content (AvgIpc) is 2.14. The highest BCUT2D eigenvalue weighted by atomic mass is 31.2. The van der Waals surface area contributed by atoms with E-state index in [-0.39, 0.29) is 18.2 Å². The molecule has 0 heterocycles. The Morgan fingerprint density at radius 3 is 2.33 bits per heavy atom. The molecular weight excluding hydrogens is 183 g/mol. The zero-order valence-electron chi connectivity index (χ0n) is 6.76. The molecule has 0 atom stereocenters. The normalized spacial score (nSPS) is 10.5. The first-order chi connectivity index (χ1) is 5.61. The Kier molecular flexibility index (Phi) is 4.62. The maximum Gasteiger partial charge on any atom is 0.343 e. The molecule has 0 aromatic heterocycles. The first-order valence-electron chi connectivity index (χ1n) is 2.98. The molecule has 0 rings (SSSR count). The lowest BCUT2D eigenvalue weighted by Crippen LogP contribution is -2.10. The molecule has 0 fully saturated rings. The predicted octanol–water partition coefficient (Wildman–Crippen LogP) is 0.342. The van der Waals surface area contributed by atoms with E-state index in [4.69, 9.17) is 5.53 Å². The summed E-state index contributed by atoms with van der Waals surface area (Å²) < 4.78 is 20.3. The Bertz CT molecular complexity index is 250. The molecule has 12 heavy (non-hydrogen) atoms. The van der Waals surface area contributed by atoms with Crippen molar-refractivity contribution < 1.29 is 23.2 Å². The average molecular weight is 192 g/mol. The largest absolute Gasteiger partial charge is 0.361 e. The molecule has 7 heteroatoms. The van der Waals surface area contributed by atoms with E-state index in [0.29, 0.717) is 0 Å². The van der Waals surface area contributed by atoms with Crippen LogP contribution in [0, 0.1) is 0 Å². The van der Waals surface area contributed by atoms with Crippen molar-refractivity contribution >= 4 is 19.6 Å². The highest BCUT2D eigenvalue weighted by Crippen LogP contribution is 2.45. The van der Waals surface area contributed by atoms with Gasteiger partial charge in [0.15, 0.2) is 6.16 Å². The second-order valence-electron chi connectivity index (χ2n) is 1.84. The molecule has 0 unspecified atom stereocenters. The van der Waals surface area contributed by atoms with Crippen LogP contribution >= 0.6 is 7.60 Å². The van der Waals surface area contributed by atoms with Crippen molar-refractivity contribution in [3.05, 3.63) is 5.53 Å². The van der Waals surface area contributed by atoms with E-state index in [1.165, 1.54) is 14.2 Å². The minimum Gasteiger partial charge on any atom is -0.361 e. The summed E-state index contributed by atoms with van der Waals surface area (Å²) >= 11 is 0. The number of hydrogen-bond donors (Lipinski definition) is 0. The van der Waals surface area contributed by atoms with Gasteiger partial charge in [0.1, 0.15) is 0 Å². The minimum atomic E-state index is -3.29. The van der Waals surface area contributed by atoms with Crippen LogP contribution in [0.1, 0.15) is 0 Å². The predicted molar refractivity (Wildman–Crippen MR) is 41.2 cm³/mol. The summed E-state index contributed by atoms with van der Waals surface area (Å²) in [4.78, 5) is 12.7. The molecule has 0 bridgehead atoms. The van der Waals surface area contributed by atoms with Crippen LogP contribution in [0.3, 0.4) is 0 Å². The van der Waals surface area contributed by atoms with E-state index in [0.717, 1.165) is 0 Å². The zero-order valence-corrected chi connectivity index (χ0v) is 7.65. The van der Waals surface area contributed by atoms with Gasteiger partial charge in [0.25, 0.3) is 0 Å². The summed E-state index contributed by atoms with van der Waals surface area (Å²) in [7, 11) is -0.923. The molecule has 0 amide bonds. The molecule has 0 aromatic carbocycles. The maximum absolute atomic E-state index is 11.3. The van der Waals surface area contributed by atoms with E-state index in [9.17, 15) is 9.36 Å². The van der Waals surface area contributed by atoms with E-state index in [1.807, 2.05) is 0 Å². The van der Waals surface area contributed by atoms with Gasteiger partial charge in [0.05, 0.1) is 0 Å². The van der Waals surface area contributed by atoms with Gasteiger partial charge in [-0.05, 0) is 0 Å². The SMILES string of the molecule is COP(=O)(CC(C=O)=[N+]=[N-])OC. The third-order valence-electron chi connectivity index (χ3n) is 1.18. The number of aldehydes is 1. The van der Waals surface area contributed by atoms with Gasteiger partial charge in [-0.2, -0.15) is 4.79 Å². The molecule has 0 aromatic rings. The summed E-state index contributed by atoms with van der Waals surface area (Å²) in [6.07, 6.45) is -0.0509. The summed E-state index contributed by atoms with van der Waals surface area (Å²) in [5.41, 5.74) is 7.93. The van der Waals surface area contributed by atoms with Gasteiger partial charge in [-0.1, -0.05) is 0 Å². The van der Waals surface area contributed by atoms with Gasteiger partial charge in [0.2, 0.25) is 6.29 Å². The fourth-order valence-corrected chi connectivity index (χ4v) is 1.44. The second kappa shape index (κ2) is 4.95. The number of rotatable bonds is 5. The highest BCUT2D eigenvalue weighted by Gasteiger charge is 2.28. The van der Waals surface area contributed by atoms with Crippen molar-refractivity contribution in [2.24, 2.45) is 0 Å². The molecule has 0 aliphatic rings. The van der Waals surface area contributed by atoms with Crippen molar-refractivity contribution in [1.82, 2.24) is 0 Å². The Labute approximate surface area is 69.6 Å². The summed E-state index contributed by atoms with van der Waals surface area (Å²) in [6, 6.07) is 0. The van der Waals surface area contributed by atoms with Gasteiger partial charge in [-0.15, -0.1) is 0 Å². The van der Waals surface area contributed by atoms with Crippen LogP contribution in [0.15, 0.2) is 0 Å². The van der Waals surface area contributed by atoms with Crippen molar-refractivity contribution in [3.63, 3.8) is 0 Å². The fraction of sp³-hybridized carbons (Fsp3) is 0.600. The molecule has 6 nitrogen and oxygen atoms in total. The van der Waals surface area contributed by atoms with Crippen molar-refractivity contribution in [2.45, 2.75) is 0 Å². The smallest absolute Gasteiger partial charge is 0.343 e. The Hall–Kier alpha value is -0.800. The molecule has 0 saturated carbocycles. The Morgan fingerprint density at radius 2 is 2.08 bits per heavy atom. The van der Waals surface area contributed by atoms with Crippen LogP contribution < -0.4 is 0 Å². The van der Waals surface area contributed by atoms with Crippen LogP contribution in [0.5, 0.6) is 0 Å². The topological polar surface area (TPSA) is 89.0 Å². The van der Waals surface area contributed by atoms with E-state index in [2.05, 4.69) is 13.8 Å². The van der Waals surface area contributed by atoms with Crippen LogP contribution in [0.2, 0.25) is 0 Å². The molecule has 0 aliphatic carbocycles. The molecule has 0 saturated heterocycles. The molecule has 0 aliphatic heterocycles. The minimum absolute atomic E-state index is 0.276. The van der Waals surface area contributed by atoms with E-state index < -0.39 is 7.60 Å². The standard InChI is InChI=1S/C5H9N2O4P/c1-10-12(9,11-2)4-5(3-8)7-6/h3H,4H2,1-2H3. The second-order valence-corrected chi connectivity index (χ2v) is 4.11. The van der Waals surface area contributed by atoms with Crippen molar-refractivity contribution in [3.8, 4) is 0 Å². The monoisotopic (exact) mass is 192 g/mol. The Morgan fingerprint density at radius 1 is 1.58 bits per heavy atom. The van der Waals surface area contributed by atoms with Gasteiger partial charge < -0.3 is 14.6 Å². The van der Waals surface area contributed by atoms with Gasteiger partial charge in [0, 0.05) is 14.2 Å². The summed E-state index contributed by atoms with van der Waals surface area (Å²) in [5, 5.41) is 0. The lowest BCUT2D eigenvalue weighted by molar-refractivity contribution is -0.106. The first kappa shape index (κ1) is 11.2. The Balaban J connectivity index is 4.51. The fourth-order valence-electron chi connectivity index (χ4n) is 0.495. The van der Waals surface area contributed by atoms with Gasteiger partial charge in [-0.25, -0.2) is 0 Å². The molecule has 0 spiro atoms. The third kappa shape index (κ3) is 3.07. The van der Waals surface area contributed by atoms with E-state index in [1.54, 1.807) is 0 Å². The third-order valence-corrected chi connectivity index (χ3v) is 3.00. The number of carbonyl (C=O) groups excluding carboxylic acids is 1. The number of carbonyl (C=O) groups is 1. The van der Waals surface area contributed by atoms with E-state index >= 15 is 0 Å². The zero-order chi connectivity index (χ0) is 9.61. The summed E-state index contributed by atoms with van der Waals surface area (Å²) in [5.74, 6) is 0. The van der Waals surface area contributed by atoms with Crippen LogP contribution in [0.25, 0.3) is 5.53 Å². The number of hydrogen-bond acceptors (Lipinski definition) is 4. The van der Waals surface area contributed by atoms with Gasteiger partial charge >= 0.3 is 13.3 Å². The molecule has 0 radical (unpaired) electrons. The highest BCUT2D eigenvalue weighted by molar-refractivity contribution is 7.55.